The first-order valence-corrected chi connectivity index (χ1v) is 7.72. The van der Waals surface area contributed by atoms with E-state index < -0.39 is 0 Å². The van der Waals surface area contributed by atoms with E-state index >= 15 is 0 Å². The topological polar surface area (TPSA) is 55.6 Å². The van der Waals surface area contributed by atoms with Crippen LogP contribution in [0.3, 0.4) is 0 Å². The molecule has 0 bridgehead atoms. The minimum atomic E-state index is 0.0342. The molecule has 116 valence electrons. The van der Waals surface area contributed by atoms with Crippen molar-refractivity contribution < 1.29 is 14.1 Å². The normalized spacial score (nSPS) is 13.8. The molecule has 1 amide bonds. The number of amides is 1. The lowest BCUT2D eigenvalue weighted by molar-refractivity contribution is 0.0729. The second-order valence-corrected chi connectivity index (χ2v) is 5.48. The Bertz CT molecular complexity index is 634. The fourth-order valence-electron chi connectivity index (χ4n) is 2.52. The standard InChI is InChI=1S/C17H20N2O3/c1-2-3-10-21-15-6-4-13(5-7-15)17(20)19-9-8-16-14(12-19)11-18-22-16/h4-7,11H,2-3,8-10,12H2,1H3. The Balaban J connectivity index is 1.63. The fraction of sp³-hybridized carbons (Fsp3) is 0.412. The minimum absolute atomic E-state index is 0.0342. The van der Waals surface area contributed by atoms with Crippen LogP contribution in [0.5, 0.6) is 5.75 Å². The number of hydrogen-bond acceptors (Lipinski definition) is 4. The number of carbonyl (C=O) groups excluding carboxylic acids is 1. The van der Waals surface area contributed by atoms with Gasteiger partial charge in [0.15, 0.2) is 0 Å². The van der Waals surface area contributed by atoms with Crippen LogP contribution in [-0.2, 0) is 13.0 Å². The van der Waals surface area contributed by atoms with Gasteiger partial charge in [-0.2, -0.15) is 0 Å². The SMILES string of the molecule is CCCCOc1ccc(C(=O)N2CCc3oncc3C2)cc1. The van der Waals surface area contributed by atoms with Crippen molar-refractivity contribution in [2.24, 2.45) is 0 Å². The fourth-order valence-corrected chi connectivity index (χ4v) is 2.52. The molecule has 5 heteroatoms. The molecule has 1 aliphatic rings. The predicted molar refractivity (Wildman–Crippen MR) is 81.8 cm³/mol. The summed E-state index contributed by atoms with van der Waals surface area (Å²) in [7, 11) is 0. The summed E-state index contributed by atoms with van der Waals surface area (Å²) in [5.74, 6) is 1.74. The number of ether oxygens (including phenoxy) is 1. The van der Waals surface area contributed by atoms with Gasteiger partial charge < -0.3 is 14.2 Å². The van der Waals surface area contributed by atoms with Crippen LogP contribution in [0.25, 0.3) is 0 Å². The third-order valence-electron chi connectivity index (χ3n) is 3.85. The van der Waals surface area contributed by atoms with Crippen molar-refractivity contribution in [2.45, 2.75) is 32.7 Å². The molecular weight excluding hydrogens is 280 g/mol. The molecule has 2 heterocycles. The zero-order chi connectivity index (χ0) is 15.4. The molecule has 0 radical (unpaired) electrons. The van der Waals surface area contributed by atoms with E-state index in [-0.39, 0.29) is 5.91 Å². The van der Waals surface area contributed by atoms with Crippen LogP contribution in [0.15, 0.2) is 35.0 Å². The van der Waals surface area contributed by atoms with Gasteiger partial charge in [-0.25, -0.2) is 0 Å². The summed E-state index contributed by atoms with van der Waals surface area (Å²) in [5, 5.41) is 3.79. The second-order valence-electron chi connectivity index (χ2n) is 5.48. The van der Waals surface area contributed by atoms with Gasteiger partial charge in [0.2, 0.25) is 0 Å². The summed E-state index contributed by atoms with van der Waals surface area (Å²) < 4.78 is 10.8. The van der Waals surface area contributed by atoms with E-state index in [1.807, 2.05) is 29.2 Å². The van der Waals surface area contributed by atoms with Crippen molar-refractivity contribution in [3.8, 4) is 5.75 Å². The number of hydrogen-bond donors (Lipinski definition) is 0. The van der Waals surface area contributed by atoms with Gasteiger partial charge >= 0.3 is 0 Å². The highest BCUT2D eigenvalue weighted by Gasteiger charge is 2.24. The molecule has 0 saturated heterocycles. The maximum absolute atomic E-state index is 12.5. The molecule has 0 fully saturated rings. The van der Waals surface area contributed by atoms with Gasteiger partial charge in [-0.1, -0.05) is 18.5 Å². The Kier molecular flexibility index (Phi) is 4.42. The van der Waals surface area contributed by atoms with Gasteiger partial charge in [-0.15, -0.1) is 0 Å². The summed E-state index contributed by atoms with van der Waals surface area (Å²) in [5.41, 5.74) is 1.68. The van der Waals surface area contributed by atoms with Gasteiger partial charge in [0.1, 0.15) is 11.5 Å². The summed E-state index contributed by atoms with van der Waals surface area (Å²) >= 11 is 0. The van der Waals surface area contributed by atoms with Crippen molar-refractivity contribution >= 4 is 5.91 Å². The first-order valence-electron chi connectivity index (χ1n) is 7.72. The Morgan fingerprint density at radius 2 is 2.18 bits per heavy atom. The van der Waals surface area contributed by atoms with Crippen molar-refractivity contribution in [2.75, 3.05) is 13.2 Å². The summed E-state index contributed by atoms with van der Waals surface area (Å²) in [6, 6.07) is 7.37. The molecule has 0 N–H and O–H groups in total. The van der Waals surface area contributed by atoms with Crippen molar-refractivity contribution in [3.63, 3.8) is 0 Å². The molecule has 1 aromatic heterocycles. The van der Waals surface area contributed by atoms with Crippen LogP contribution in [0, 0.1) is 0 Å². The van der Waals surface area contributed by atoms with E-state index in [9.17, 15) is 4.79 Å². The Morgan fingerprint density at radius 3 is 2.95 bits per heavy atom. The lowest BCUT2D eigenvalue weighted by Gasteiger charge is -2.25. The lowest BCUT2D eigenvalue weighted by atomic mass is 10.1. The van der Waals surface area contributed by atoms with E-state index in [1.165, 1.54) is 0 Å². The van der Waals surface area contributed by atoms with Crippen LogP contribution < -0.4 is 4.74 Å². The first-order chi connectivity index (χ1) is 10.8. The number of fused-ring (bicyclic) bond motifs is 1. The molecule has 3 rings (SSSR count). The Labute approximate surface area is 129 Å². The van der Waals surface area contributed by atoms with Gasteiger partial charge in [0.05, 0.1) is 19.3 Å². The molecule has 0 saturated carbocycles. The van der Waals surface area contributed by atoms with Crippen LogP contribution in [0.1, 0.15) is 41.4 Å². The van der Waals surface area contributed by atoms with E-state index in [4.69, 9.17) is 9.26 Å². The zero-order valence-corrected chi connectivity index (χ0v) is 12.7. The van der Waals surface area contributed by atoms with Crippen LogP contribution in [0.2, 0.25) is 0 Å². The molecule has 1 aromatic carbocycles. The minimum Gasteiger partial charge on any atom is -0.494 e. The summed E-state index contributed by atoms with van der Waals surface area (Å²) in [4.78, 5) is 14.4. The number of rotatable bonds is 5. The average Bonchev–Trinajstić information content (AvgIpc) is 3.02. The van der Waals surface area contributed by atoms with Gasteiger partial charge in [-0.3, -0.25) is 4.79 Å². The Morgan fingerprint density at radius 1 is 1.36 bits per heavy atom. The maximum Gasteiger partial charge on any atom is 0.254 e. The molecule has 0 spiro atoms. The van der Waals surface area contributed by atoms with Crippen molar-refractivity contribution in [3.05, 3.63) is 47.3 Å². The number of aromatic nitrogens is 1. The molecule has 22 heavy (non-hydrogen) atoms. The Hall–Kier alpha value is -2.30. The molecule has 0 unspecified atom stereocenters. The van der Waals surface area contributed by atoms with E-state index in [0.29, 0.717) is 25.3 Å². The van der Waals surface area contributed by atoms with Gasteiger partial charge in [0, 0.05) is 24.1 Å². The number of benzene rings is 1. The van der Waals surface area contributed by atoms with E-state index in [2.05, 4.69) is 12.1 Å². The van der Waals surface area contributed by atoms with Gasteiger partial charge in [-0.05, 0) is 30.7 Å². The third kappa shape index (κ3) is 3.13. The number of nitrogens with zero attached hydrogens (tertiary/aromatic N) is 2. The van der Waals surface area contributed by atoms with Gasteiger partial charge in [0.25, 0.3) is 5.91 Å². The number of unbranched alkanes of at least 4 members (excludes halogenated alkanes) is 1. The number of carbonyl (C=O) groups is 1. The van der Waals surface area contributed by atoms with Crippen LogP contribution in [-0.4, -0.2) is 29.1 Å². The largest absolute Gasteiger partial charge is 0.494 e. The van der Waals surface area contributed by atoms with Crippen LogP contribution >= 0.6 is 0 Å². The highest BCUT2D eigenvalue weighted by atomic mass is 16.5. The predicted octanol–water partition coefficient (Wildman–Crippen LogP) is 3.05. The molecular formula is C17H20N2O3. The highest BCUT2D eigenvalue weighted by Crippen LogP contribution is 2.21. The monoisotopic (exact) mass is 300 g/mol. The van der Waals surface area contributed by atoms with Crippen LogP contribution in [0.4, 0.5) is 0 Å². The third-order valence-corrected chi connectivity index (χ3v) is 3.85. The van der Waals surface area contributed by atoms with Crippen molar-refractivity contribution in [1.29, 1.82) is 0 Å². The first kappa shape index (κ1) is 14.6. The maximum atomic E-state index is 12.5. The zero-order valence-electron chi connectivity index (χ0n) is 12.7. The van der Waals surface area contributed by atoms with E-state index in [1.54, 1.807) is 6.20 Å². The smallest absolute Gasteiger partial charge is 0.254 e. The second kappa shape index (κ2) is 6.64. The quantitative estimate of drug-likeness (QED) is 0.796. The molecule has 1 aliphatic heterocycles. The molecule has 2 aromatic rings. The summed E-state index contributed by atoms with van der Waals surface area (Å²) in [6.07, 6.45) is 4.56. The van der Waals surface area contributed by atoms with Crippen molar-refractivity contribution in [1.82, 2.24) is 10.1 Å². The average molecular weight is 300 g/mol. The molecule has 0 atom stereocenters. The lowest BCUT2D eigenvalue weighted by Crippen LogP contribution is -2.35. The molecule has 5 nitrogen and oxygen atoms in total. The summed E-state index contributed by atoms with van der Waals surface area (Å²) in [6.45, 7) is 4.07. The highest BCUT2D eigenvalue weighted by molar-refractivity contribution is 5.94. The molecule has 0 aliphatic carbocycles. The van der Waals surface area contributed by atoms with E-state index in [0.717, 1.165) is 36.3 Å².